The van der Waals surface area contributed by atoms with Crippen molar-refractivity contribution in [3.05, 3.63) is 287 Å². The SMILES string of the molecule is [C-]#[N+]c1ccc2c(c1)c1ccccc1n2-c1cnc2c(c1)C1(c3cc(-n4c5ccccc5c5cc(C#N)ccc54)cnc3-2)c2cccc(-n3c4ccccc4c4cc(C#N)ccc43)c2Oc2c(-n3c4ccccc4c4cc([N+]#[C-])ccc43)cccc21. The van der Waals surface area contributed by atoms with Crippen LogP contribution in [0, 0.1) is 35.8 Å². The van der Waals surface area contributed by atoms with Crippen molar-refractivity contribution in [2.45, 2.75) is 5.41 Å². The predicted octanol–water partition coefficient (Wildman–Crippen LogP) is 18.2. The lowest BCUT2D eigenvalue weighted by Crippen LogP contribution is -2.33. The van der Waals surface area contributed by atoms with Crippen LogP contribution in [0.3, 0.4) is 0 Å². The molecule has 0 N–H and O–H groups in total. The molecule has 1 spiro atoms. The number of hydrogen-bond donors (Lipinski definition) is 0. The number of hydrogen-bond acceptors (Lipinski definition) is 5. The maximum Gasteiger partial charge on any atom is 0.188 e. The van der Waals surface area contributed by atoms with Gasteiger partial charge in [-0.05, 0) is 120 Å². The molecule has 0 radical (unpaired) electrons. The fraction of sp³-hybridized carbons (Fsp3) is 0.0133. The molecule has 11 heteroatoms. The van der Waals surface area contributed by atoms with Gasteiger partial charge in [-0.25, -0.2) is 9.69 Å². The van der Waals surface area contributed by atoms with E-state index < -0.39 is 5.41 Å². The fourth-order valence-electron chi connectivity index (χ4n) is 14.5. The van der Waals surface area contributed by atoms with Gasteiger partial charge in [0, 0.05) is 54.6 Å². The van der Waals surface area contributed by atoms with Crippen LogP contribution in [-0.2, 0) is 5.41 Å². The Balaban J connectivity index is 1.02. The lowest BCUT2D eigenvalue weighted by molar-refractivity contribution is 0.433. The molecule has 1 atom stereocenters. The fourth-order valence-corrected chi connectivity index (χ4v) is 14.5. The molecule has 16 aromatic rings. The van der Waals surface area contributed by atoms with Crippen LogP contribution < -0.4 is 4.74 Å². The predicted molar refractivity (Wildman–Crippen MR) is 339 cm³/mol. The number of nitrogens with zero attached hydrogens (tertiary/aromatic N) is 10. The van der Waals surface area contributed by atoms with E-state index >= 15 is 0 Å². The van der Waals surface area contributed by atoms with Crippen LogP contribution in [0.5, 0.6) is 11.5 Å². The number of rotatable bonds is 4. The zero-order valence-electron chi connectivity index (χ0n) is 45.3. The zero-order valence-corrected chi connectivity index (χ0v) is 45.3. The largest absolute Gasteiger partial charge is 0.452 e. The number of ether oxygens (including phenoxy) is 1. The van der Waals surface area contributed by atoms with E-state index in [0.29, 0.717) is 45.4 Å². The Labute approximate surface area is 489 Å². The number of nitriles is 2. The minimum Gasteiger partial charge on any atom is -0.452 e. The van der Waals surface area contributed by atoms with Crippen molar-refractivity contribution in [3.63, 3.8) is 0 Å². The molecule has 6 aromatic heterocycles. The Morgan fingerprint density at radius 1 is 0.360 bits per heavy atom. The molecule has 0 saturated carbocycles. The Kier molecular flexibility index (Phi) is 9.45. The molecule has 0 fully saturated rings. The van der Waals surface area contributed by atoms with E-state index in [2.05, 4.69) is 143 Å². The van der Waals surface area contributed by atoms with Crippen molar-refractivity contribution in [2.24, 2.45) is 0 Å². The van der Waals surface area contributed by atoms with Gasteiger partial charge < -0.3 is 23.0 Å². The molecular formula is C75H38N10O. The summed E-state index contributed by atoms with van der Waals surface area (Å²) >= 11 is 0. The molecule has 18 rings (SSSR count). The van der Waals surface area contributed by atoms with Gasteiger partial charge in [-0.3, -0.25) is 9.97 Å². The third kappa shape index (κ3) is 6.08. The first-order chi connectivity index (χ1) is 42.5. The van der Waals surface area contributed by atoms with Crippen molar-refractivity contribution < 1.29 is 4.74 Å². The summed E-state index contributed by atoms with van der Waals surface area (Å²) in [4.78, 5) is 18.9. The van der Waals surface area contributed by atoms with Crippen LogP contribution in [0.15, 0.2) is 231 Å². The van der Waals surface area contributed by atoms with Crippen LogP contribution in [0.25, 0.3) is 131 Å². The van der Waals surface area contributed by atoms with Gasteiger partial charge in [0.05, 0.1) is 132 Å². The van der Waals surface area contributed by atoms with Crippen LogP contribution in [0.4, 0.5) is 11.4 Å². The Morgan fingerprint density at radius 2 is 0.721 bits per heavy atom. The van der Waals surface area contributed by atoms with Gasteiger partial charge in [0.25, 0.3) is 0 Å². The van der Waals surface area contributed by atoms with Crippen LogP contribution >= 0.6 is 0 Å². The molecule has 10 aromatic carbocycles. The van der Waals surface area contributed by atoms with Crippen molar-refractivity contribution in [1.82, 2.24) is 28.2 Å². The third-order valence-corrected chi connectivity index (χ3v) is 18.0. The summed E-state index contributed by atoms with van der Waals surface area (Å²) in [6, 6.07) is 79.0. The Hall–Kier alpha value is -12.5. The summed E-state index contributed by atoms with van der Waals surface area (Å²) in [6.45, 7) is 16.1. The highest BCUT2D eigenvalue weighted by Gasteiger charge is 2.54. The summed E-state index contributed by atoms with van der Waals surface area (Å²) in [5.41, 5.74) is 16.7. The highest BCUT2D eigenvalue weighted by molar-refractivity contribution is 6.14. The topological polar surface area (TPSA) is 111 Å². The van der Waals surface area contributed by atoms with E-state index in [9.17, 15) is 10.5 Å². The molecule has 1 aliphatic heterocycles. The normalized spacial score (nSPS) is 13.9. The smallest absolute Gasteiger partial charge is 0.188 e. The van der Waals surface area contributed by atoms with Gasteiger partial charge in [-0.1, -0.05) is 109 Å². The molecule has 0 bridgehead atoms. The number of benzene rings is 10. The molecule has 7 heterocycles. The lowest BCUT2D eigenvalue weighted by Gasteiger charge is -2.40. The number of para-hydroxylation sites is 6. The average Bonchev–Trinajstić information content (AvgIpc) is 1.49. The van der Waals surface area contributed by atoms with Gasteiger partial charge in [0.1, 0.15) is 0 Å². The summed E-state index contributed by atoms with van der Waals surface area (Å²) < 4.78 is 17.0. The summed E-state index contributed by atoms with van der Waals surface area (Å²) in [7, 11) is 0. The van der Waals surface area contributed by atoms with E-state index in [1.165, 1.54) is 0 Å². The molecule has 11 nitrogen and oxygen atoms in total. The summed E-state index contributed by atoms with van der Waals surface area (Å²) in [6.07, 6.45) is 3.89. The molecule has 394 valence electrons. The third-order valence-electron chi connectivity index (χ3n) is 18.0. The number of pyridine rings is 2. The average molecular weight is 1100 g/mol. The van der Waals surface area contributed by atoms with Crippen LogP contribution in [0.1, 0.15) is 33.4 Å². The molecular weight excluding hydrogens is 1060 g/mol. The summed E-state index contributed by atoms with van der Waals surface area (Å²) in [5, 5.41) is 28.3. The monoisotopic (exact) mass is 1090 g/mol. The first-order valence-corrected chi connectivity index (χ1v) is 28.1. The lowest BCUT2D eigenvalue weighted by atomic mass is 9.66. The summed E-state index contributed by atoms with van der Waals surface area (Å²) in [5.74, 6) is 1.24. The molecule has 1 unspecified atom stereocenters. The molecule has 0 saturated heterocycles. The van der Waals surface area contributed by atoms with Crippen molar-refractivity contribution in [2.75, 3.05) is 0 Å². The quantitative estimate of drug-likeness (QED) is 0.163. The molecule has 2 aliphatic rings. The van der Waals surface area contributed by atoms with Crippen LogP contribution in [0.2, 0.25) is 0 Å². The highest BCUT2D eigenvalue weighted by atomic mass is 16.5. The van der Waals surface area contributed by atoms with E-state index in [1.807, 2.05) is 128 Å². The van der Waals surface area contributed by atoms with Gasteiger partial charge in [0.2, 0.25) is 0 Å². The van der Waals surface area contributed by atoms with Gasteiger partial charge in [-0.15, -0.1) is 0 Å². The second-order valence-electron chi connectivity index (χ2n) is 22.1. The minimum atomic E-state index is -1.21. The zero-order chi connectivity index (χ0) is 57.1. The number of fused-ring (bicyclic) bond motifs is 21. The maximum absolute atomic E-state index is 10.3. The standard InChI is InChI=1S/C75H38N10O/c1-78-45-27-31-66-55(35-45)51-15-4-8-20-62(51)83(66)48-38-60-72(81-42-48)71-59(37-47(41-80-71)82-61-19-7-3-13-49(61)53-33-43(39-76)25-29-65(53)82)75(60)57-17-11-23-69(84-63-21-9-5-14-50(63)54-34-44(40-77)26-30-67(54)84)73(57)86-74-58(75)18-12-24-70(74)85-64-22-10-6-16-52(64)56-36-46(79-2)28-32-68(56)85/h3-38,41-42H. The van der Waals surface area contributed by atoms with Gasteiger partial charge >= 0.3 is 0 Å². The number of aromatic nitrogens is 6. The van der Waals surface area contributed by atoms with Crippen LogP contribution in [-0.4, -0.2) is 28.2 Å². The second-order valence-corrected chi connectivity index (χ2v) is 22.1. The van der Waals surface area contributed by atoms with Crippen molar-refractivity contribution in [1.29, 1.82) is 10.5 Å². The van der Waals surface area contributed by atoms with E-state index in [1.54, 1.807) is 0 Å². The molecule has 1 aliphatic carbocycles. The minimum absolute atomic E-state index is 0.548. The molecule has 86 heavy (non-hydrogen) atoms. The molecule has 0 amide bonds. The van der Waals surface area contributed by atoms with E-state index in [4.69, 9.17) is 27.8 Å². The van der Waals surface area contributed by atoms with Gasteiger partial charge in [-0.2, -0.15) is 10.5 Å². The Bertz CT molecular complexity index is 5600. The van der Waals surface area contributed by atoms with Gasteiger partial charge in [0.15, 0.2) is 22.9 Å². The second kappa shape index (κ2) is 17.2. The van der Waals surface area contributed by atoms with Crippen molar-refractivity contribution in [3.8, 4) is 57.8 Å². The van der Waals surface area contributed by atoms with E-state index in [0.717, 1.165) is 132 Å². The Morgan fingerprint density at radius 3 is 1.13 bits per heavy atom. The van der Waals surface area contributed by atoms with Crippen molar-refractivity contribution >= 4 is 98.6 Å². The first kappa shape index (κ1) is 47.1. The first-order valence-electron chi connectivity index (χ1n) is 28.1. The highest BCUT2D eigenvalue weighted by Crippen LogP contribution is 2.64. The maximum atomic E-state index is 10.3. The van der Waals surface area contributed by atoms with E-state index in [-0.39, 0.29) is 0 Å².